The number of carbonyl (C=O) groups excluding carboxylic acids is 1. The van der Waals surface area contributed by atoms with E-state index in [0.29, 0.717) is 17.7 Å². The van der Waals surface area contributed by atoms with Crippen LogP contribution in [0.5, 0.6) is 0 Å². The van der Waals surface area contributed by atoms with Crippen LogP contribution in [-0.2, 0) is 4.79 Å². The number of fused-ring (bicyclic) bond motifs is 1. The number of likely N-dealkylation sites (tertiary alicyclic amines) is 1. The average Bonchev–Trinajstić information content (AvgIpc) is 2.90. The Hall–Kier alpha value is -2.30. The standard InChI is InChI=1S/C16H17NO4/c18-15(19)9-11-5-3-4-8-17(11)16(20)13-10-21-14-7-2-1-6-12(13)14/h1-2,6-7,10-11H,3-5,8-9H2,(H,18,19). The maximum atomic E-state index is 12.7. The number of benzene rings is 1. The Balaban J connectivity index is 1.90. The van der Waals surface area contributed by atoms with E-state index in [4.69, 9.17) is 9.52 Å². The molecule has 1 aromatic carbocycles. The molecule has 1 aliphatic rings. The van der Waals surface area contributed by atoms with Gasteiger partial charge in [0.2, 0.25) is 0 Å². The van der Waals surface area contributed by atoms with Crippen molar-refractivity contribution in [2.45, 2.75) is 31.7 Å². The fourth-order valence-corrected chi connectivity index (χ4v) is 2.98. The molecule has 3 rings (SSSR count). The third-order valence-corrected chi connectivity index (χ3v) is 4.01. The van der Waals surface area contributed by atoms with Crippen LogP contribution in [0.15, 0.2) is 34.9 Å². The minimum atomic E-state index is -0.864. The number of para-hydroxylation sites is 1. The Morgan fingerprint density at radius 2 is 2.10 bits per heavy atom. The number of carboxylic acids is 1. The number of rotatable bonds is 3. The molecule has 2 aromatic rings. The number of carbonyl (C=O) groups is 2. The summed E-state index contributed by atoms with van der Waals surface area (Å²) in [4.78, 5) is 25.4. The highest BCUT2D eigenvalue weighted by Gasteiger charge is 2.30. The number of aliphatic carboxylic acids is 1. The fourth-order valence-electron chi connectivity index (χ4n) is 2.98. The average molecular weight is 287 g/mol. The van der Waals surface area contributed by atoms with Crippen LogP contribution in [-0.4, -0.2) is 34.5 Å². The van der Waals surface area contributed by atoms with Crippen LogP contribution in [0.25, 0.3) is 11.0 Å². The van der Waals surface area contributed by atoms with Crippen molar-refractivity contribution in [2.75, 3.05) is 6.54 Å². The maximum absolute atomic E-state index is 12.7. The van der Waals surface area contributed by atoms with E-state index >= 15 is 0 Å². The number of hydrogen-bond donors (Lipinski definition) is 1. The number of piperidine rings is 1. The van der Waals surface area contributed by atoms with Crippen LogP contribution < -0.4 is 0 Å². The summed E-state index contributed by atoms with van der Waals surface area (Å²) in [6, 6.07) is 7.16. The summed E-state index contributed by atoms with van der Waals surface area (Å²) in [5.41, 5.74) is 1.19. The van der Waals surface area contributed by atoms with E-state index in [1.54, 1.807) is 4.90 Å². The fraction of sp³-hybridized carbons (Fsp3) is 0.375. The van der Waals surface area contributed by atoms with E-state index < -0.39 is 5.97 Å². The predicted molar refractivity (Wildman–Crippen MR) is 77.1 cm³/mol. The summed E-state index contributed by atoms with van der Waals surface area (Å²) in [5, 5.41) is 9.79. The van der Waals surface area contributed by atoms with E-state index in [0.717, 1.165) is 24.6 Å². The number of furan rings is 1. The zero-order valence-corrected chi connectivity index (χ0v) is 11.6. The topological polar surface area (TPSA) is 70.8 Å². The smallest absolute Gasteiger partial charge is 0.305 e. The second-order valence-corrected chi connectivity index (χ2v) is 5.39. The van der Waals surface area contributed by atoms with Gasteiger partial charge in [-0.2, -0.15) is 0 Å². The molecule has 1 fully saturated rings. The molecule has 1 aliphatic heterocycles. The predicted octanol–water partition coefficient (Wildman–Crippen LogP) is 2.90. The number of amides is 1. The first-order valence-electron chi connectivity index (χ1n) is 7.16. The van der Waals surface area contributed by atoms with Gasteiger partial charge in [-0.25, -0.2) is 0 Å². The molecule has 0 radical (unpaired) electrons. The van der Waals surface area contributed by atoms with Gasteiger partial charge in [0.25, 0.3) is 5.91 Å². The highest BCUT2D eigenvalue weighted by atomic mass is 16.4. The number of nitrogens with zero attached hydrogens (tertiary/aromatic N) is 1. The van der Waals surface area contributed by atoms with E-state index in [-0.39, 0.29) is 18.4 Å². The molecule has 1 aromatic heterocycles. The van der Waals surface area contributed by atoms with Crippen molar-refractivity contribution in [1.29, 1.82) is 0 Å². The van der Waals surface area contributed by atoms with Crippen molar-refractivity contribution in [1.82, 2.24) is 4.90 Å². The largest absolute Gasteiger partial charge is 0.481 e. The summed E-state index contributed by atoms with van der Waals surface area (Å²) in [7, 11) is 0. The van der Waals surface area contributed by atoms with Crippen LogP contribution in [0, 0.1) is 0 Å². The van der Waals surface area contributed by atoms with Gasteiger partial charge in [-0.05, 0) is 25.3 Å². The van der Waals surface area contributed by atoms with Crippen molar-refractivity contribution in [3.63, 3.8) is 0 Å². The van der Waals surface area contributed by atoms with Crippen molar-refractivity contribution < 1.29 is 19.1 Å². The van der Waals surface area contributed by atoms with Gasteiger partial charge in [0, 0.05) is 18.0 Å². The summed E-state index contributed by atoms with van der Waals surface area (Å²) >= 11 is 0. The zero-order valence-electron chi connectivity index (χ0n) is 11.6. The lowest BCUT2D eigenvalue weighted by molar-refractivity contribution is -0.138. The van der Waals surface area contributed by atoms with Gasteiger partial charge in [-0.15, -0.1) is 0 Å². The highest BCUT2D eigenvalue weighted by Crippen LogP contribution is 2.26. The molecule has 1 atom stereocenters. The second kappa shape index (κ2) is 5.60. The lowest BCUT2D eigenvalue weighted by Gasteiger charge is -2.34. The van der Waals surface area contributed by atoms with Gasteiger partial charge in [0.15, 0.2) is 0 Å². The first-order valence-corrected chi connectivity index (χ1v) is 7.16. The van der Waals surface area contributed by atoms with Gasteiger partial charge in [-0.3, -0.25) is 9.59 Å². The van der Waals surface area contributed by atoms with Crippen molar-refractivity contribution >= 4 is 22.8 Å². The lowest BCUT2D eigenvalue weighted by Crippen LogP contribution is -2.44. The molecule has 1 N–H and O–H groups in total. The molecule has 5 heteroatoms. The van der Waals surface area contributed by atoms with Gasteiger partial charge in [-0.1, -0.05) is 18.2 Å². The van der Waals surface area contributed by atoms with Crippen LogP contribution in [0.2, 0.25) is 0 Å². The molecule has 0 bridgehead atoms. The Bertz CT molecular complexity index is 676. The first kappa shape index (κ1) is 13.7. The first-order chi connectivity index (χ1) is 10.2. The summed E-state index contributed by atoms with van der Waals surface area (Å²) in [6.45, 7) is 0.607. The zero-order chi connectivity index (χ0) is 14.8. The second-order valence-electron chi connectivity index (χ2n) is 5.39. The number of carboxylic acid groups (broad SMARTS) is 1. The maximum Gasteiger partial charge on any atom is 0.305 e. The Morgan fingerprint density at radius 1 is 1.29 bits per heavy atom. The van der Waals surface area contributed by atoms with Crippen molar-refractivity contribution in [3.8, 4) is 0 Å². The summed E-state index contributed by atoms with van der Waals surface area (Å²) < 4.78 is 5.41. The molecule has 1 saturated heterocycles. The van der Waals surface area contributed by atoms with Gasteiger partial charge in [0.05, 0.1) is 12.0 Å². The highest BCUT2D eigenvalue weighted by molar-refractivity contribution is 6.06. The van der Waals surface area contributed by atoms with E-state index in [1.165, 1.54) is 6.26 Å². The third-order valence-electron chi connectivity index (χ3n) is 4.01. The normalized spacial score (nSPS) is 18.9. The minimum Gasteiger partial charge on any atom is -0.481 e. The molecule has 110 valence electrons. The molecule has 0 aliphatic carbocycles. The van der Waals surface area contributed by atoms with Crippen LogP contribution in [0.4, 0.5) is 0 Å². The quantitative estimate of drug-likeness (QED) is 0.942. The molecule has 1 unspecified atom stereocenters. The summed E-state index contributed by atoms with van der Waals surface area (Å²) in [5.74, 6) is -0.998. The van der Waals surface area contributed by atoms with Gasteiger partial charge < -0.3 is 14.4 Å². The van der Waals surface area contributed by atoms with E-state index in [9.17, 15) is 9.59 Å². The van der Waals surface area contributed by atoms with Crippen LogP contribution in [0.1, 0.15) is 36.0 Å². The molecule has 0 saturated carbocycles. The minimum absolute atomic E-state index is 0.00151. The third kappa shape index (κ3) is 2.63. The van der Waals surface area contributed by atoms with Gasteiger partial charge in [0.1, 0.15) is 11.8 Å². The Labute approximate surface area is 122 Å². The number of hydrogen-bond acceptors (Lipinski definition) is 3. The molecule has 21 heavy (non-hydrogen) atoms. The molecule has 2 heterocycles. The molecular formula is C16H17NO4. The van der Waals surface area contributed by atoms with E-state index in [1.807, 2.05) is 24.3 Å². The summed E-state index contributed by atoms with van der Waals surface area (Å²) in [6.07, 6.45) is 4.10. The van der Waals surface area contributed by atoms with Crippen molar-refractivity contribution in [2.24, 2.45) is 0 Å². The lowest BCUT2D eigenvalue weighted by atomic mass is 9.98. The van der Waals surface area contributed by atoms with Crippen LogP contribution >= 0.6 is 0 Å². The Morgan fingerprint density at radius 3 is 2.90 bits per heavy atom. The van der Waals surface area contributed by atoms with Crippen LogP contribution in [0.3, 0.4) is 0 Å². The SMILES string of the molecule is O=C(O)CC1CCCCN1C(=O)c1coc2ccccc12. The molecule has 5 nitrogen and oxygen atoms in total. The monoisotopic (exact) mass is 287 g/mol. The molecule has 1 amide bonds. The molecular weight excluding hydrogens is 270 g/mol. The molecule has 0 spiro atoms. The van der Waals surface area contributed by atoms with Crippen molar-refractivity contribution in [3.05, 3.63) is 36.1 Å². The Kier molecular flexibility index (Phi) is 3.64. The van der Waals surface area contributed by atoms with Gasteiger partial charge >= 0.3 is 5.97 Å². The van der Waals surface area contributed by atoms with E-state index in [2.05, 4.69) is 0 Å².